The Kier molecular flexibility index (Phi) is 6.38. The molecule has 0 aliphatic rings. The molecule has 0 aliphatic heterocycles. The van der Waals surface area contributed by atoms with Gasteiger partial charge in [-0.3, -0.25) is 9.59 Å². The van der Waals surface area contributed by atoms with Crippen molar-refractivity contribution in [1.29, 1.82) is 0 Å². The zero-order valence-corrected chi connectivity index (χ0v) is 15.4. The van der Waals surface area contributed by atoms with Gasteiger partial charge in [0, 0.05) is 12.1 Å². The summed E-state index contributed by atoms with van der Waals surface area (Å²) in [6, 6.07) is 3.51. The van der Waals surface area contributed by atoms with Crippen molar-refractivity contribution in [3.05, 3.63) is 46.7 Å². The molecule has 140 valence electrons. The molecule has 0 bridgehead atoms. The second kappa shape index (κ2) is 8.51. The van der Waals surface area contributed by atoms with Gasteiger partial charge < -0.3 is 18.9 Å². The minimum absolute atomic E-state index is 0.113. The monoisotopic (exact) mass is 361 g/mol. The molecule has 0 unspecified atom stereocenters. The zero-order chi connectivity index (χ0) is 19.3. The molecule has 0 spiro atoms. The van der Waals surface area contributed by atoms with Crippen molar-refractivity contribution >= 4 is 17.7 Å². The summed E-state index contributed by atoms with van der Waals surface area (Å²) in [5.41, 5.74) is 1.62. The number of carbonyl (C=O) groups is 3. The van der Waals surface area contributed by atoms with Crippen LogP contribution in [0.1, 0.15) is 58.1 Å². The number of rotatable bonds is 8. The largest absolute Gasteiger partial charge is 0.469 e. The fourth-order valence-electron chi connectivity index (χ4n) is 2.70. The van der Waals surface area contributed by atoms with Gasteiger partial charge in [0.2, 0.25) is 5.78 Å². The number of aromatic amines is 1. The number of aromatic nitrogens is 1. The number of aryl methyl sites for hydroxylation is 2. The summed E-state index contributed by atoms with van der Waals surface area (Å²) in [6.07, 6.45) is 1.08. The third-order valence-corrected chi connectivity index (χ3v) is 4.00. The van der Waals surface area contributed by atoms with Crippen molar-refractivity contribution in [2.24, 2.45) is 0 Å². The summed E-state index contributed by atoms with van der Waals surface area (Å²) in [5.74, 6) is -0.696. The van der Waals surface area contributed by atoms with Crippen molar-refractivity contribution in [2.45, 2.75) is 46.6 Å². The maximum Gasteiger partial charge on any atom is 0.340 e. The van der Waals surface area contributed by atoms with Gasteiger partial charge >= 0.3 is 11.9 Å². The molecule has 2 rings (SSSR count). The average Bonchev–Trinajstić information content (AvgIpc) is 3.20. The molecule has 2 heterocycles. The number of furan rings is 1. The summed E-state index contributed by atoms with van der Waals surface area (Å²) in [5, 5.41) is 0. The van der Waals surface area contributed by atoms with E-state index in [1.165, 1.54) is 13.2 Å². The SMILES string of the molecule is CCOC(=O)c1c(C)[nH]c(C(=O)[C@@H](C)OC(=O)CCc2ccco2)c1C. The van der Waals surface area contributed by atoms with Crippen molar-refractivity contribution < 1.29 is 28.3 Å². The zero-order valence-electron chi connectivity index (χ0n) is 15.4. The third kappa shape index (κ3) is 4.41. The molecule has 0 fully saturated rings. The van der Waals surface area contributed by atoms with Crippen LogP contribution in [0.15, 0.2) is 22.8 Å². The molecule has 0 saturated heterocycles. The fraction of sp³-hybridized carbons (Fsp3) is 0.421. The summed E-state index contributed by atoms with van der Waals surface area (Å²) in [4.78, 5) is 39.5. The molecule has 2 aromatic heterocycles. The van der Waals surface area contributed by atoms with Gasteiger partial charge in [0.15, 0.2) is 6.10 Å². The van der Waals surface area contributed by atoms with Gasteiger partial charge in [0.25, 0.3) is 0 Å². The molecule has 0 radical (unpaired) electrons. The van der Waals surface area contributed by atoms with E-state index in [1.54, 1.807) is 32.9 Å². The molecule has 1 N–H and O–H groups in total. The normalized spacial score (nSPS) is 11.8. The fourth-order valence-corrected chi connectivity index (χ4v) is 2.70. The first kappa shape index (κ1) is 19.5. The molecular weight excluding hydrogens is 338 g/mol. The number of hydrogen-bond donors (Lipinski definition) is 1. The van der Waals surface area contributed by atoms with Crippen LogP contribution in [0.4, 0.5) is 0 Å². The maximum atomic E-state index is 12.6. The first-order valence-electron chi connectivity index (χ1n) is 8.47. The Morgan fingerprint density at radius 1 is 1.27 bits per heavy atom. The number of ketones is 1. The Morgan fingerprint density at radius 3 is 2.62 bits per heavy atom. The van der Waals surface area contributed by atoms with E-state index in [9.17, 15) is 14.4 Å². The first-order chi connectivity index (χ1) is 12.3. The molecule has 7 heteroatoms. The van der Waals surface area contributed by atoms with Crippen LogP contribution in [0.3, 0.4) is 0 Å². The van der Waals surface area contributed by atoms with E-state index in [2.05, 4.69) is 4.98 Å². The molecule has 2 aromatic rings. The minimum Gasteiger partial charge on any atom is -0.469 e. The van der Waals surface area contributed by atoms with E-state index in [-0.39, 0.29) is 18.7 Å². The highest BCUT2D eigenvalue weighted by Gasteiger charge is 2.27. The van der Waals surface area contributed by atoms with E-state index in [4.69, 9.17) is 13.9 Å². The molecule has 0 aliphatic carbocycles. The predicted molar refractivity (Wildman–Crippen MR) is 93.1 cm³/mol. The van der Waals surface area contributed by atoms with Gasteiger partial charge in [0.05, 0.1) is 30.5 Å². The molecule has 7 nitrogen and oxygen atoms in total. The van der Waals surface area contributed by atoms with E-state index < -0.39 is 23.8 Å². The lowest BCUT2D eigenvalue weighted by Gasteiger charge is -2.12. The summed E-state index contributed by atoms with van der Waals surface area (Å²) >= 11 is 0. The Bertz CT molecular complexity index is 787. The van der Waals surface area contributed by atoms with E-state index in [0.29, 0.717) is 29.0 Å². The Hall–Kier alpha value is -2.83. The van der Waals surface area contributed by atoms with Crippen LogP contribution in [0.2, 0.25) is 0 Å². The molecule has 0 aromatic carbocycles. The number of carbonyl (C=O) groups excluding carboxylic acids is 3. The smallest absolute Gasteiger partial charge is 0.340 e. The van der Waals surface area contributed by atoms with E-state index >= 15 is 0 Å². The Balaban J connectivity index is 2.02. The van der Waals surface area contributed by atoms with E-state index in [1.807, 2.05) is 0 Å². The van der Waals surface area contributed by atoms with Crippen molar-refractivity contribution in [1.82, 2.24) is 4.98 Å². The topological polar surface area (TPSA) is 98.6 Å². The first-order valence-corrected chi connectivity index (χ1v) is 8.47. The highest BCUT2D eigenvalue weighted by Crippen LogP contribution is 2.21. The third-order valence-electron chi connectivity index (χ3n) is 4.00. The average molecular weight is 361 g/mol. The standard InChI is InChI=1S/C19H23NO6/c1-5-24-19(23)16-11(2)17(20-12(16)3)18(22)13(4)26-15(21)9-8-14-7-6-10-25-14/h6-7,10,13,20H,5,8-9H2,1-4H3/t13-/m1/s1. The summed E-state index contributed by atoms with van der Waals surface area (Å²) in [7, 11) is 0. The maximum absolute atomic E-state index is 12.6. The van der Waals surface area contributed by atoms with Crippen LogP contribution in [0.5, 0.6) is 0 Å². The highest BCUT2D eigenvalue weighted by atomic mass is 16.5. The number of esters is 2. The van der Waals surface area contributed by atoms with Gasteiger partial charge in [0.1, 0.15) is 5.76 Å². The van der Waals surface area contributed by atoms with Crippen molar-refractivity contribution in [3.63, 3.8) is 0 Å². The van der Waals surface area contributed by atoms with Crippen LogP contribution in [0, 0.1) is 13.8 Å². The number of hydrogen-bond acceptors (Lipinski definition) is 6. The Labute approximate surface area is 151 Å². The van der Waals surface area contributed by atoms with E-state index in [0.717, 1.165) is 0 Å². The van der Waals surface area contributed by atoms with Gasteiger partial charge in [-0.25, -0.2) is 4.79 Å². The van der Waals surface area contributed by atoms with Crippen LogP contribution >= 0.6 is 0 Å². The van der Waals surface area contributed by atoms with Crippen LogP contribution < -0.4 is 0 Å². The second-order valence-corrected chi connectivity index (χ2v) is 5.92. The van der Waals surface area contributed by atoms with Crippen LogP contribution in [0.25, 0.3) is 0 Å². The number of H-pyrrole nitrogens is 1. The lowest BCUT2D eigenvalue weighted by molar-refractivity contribution is -0.146. The molecular formula is C19H23NO6. The molecule has 26 heavy (non-hydrogen) atoms. The van der Waals surface area contributed by atoms with Gasteiger partial charge in [-0.1, -0.05) is 0 Å². The number of nitrogens with one attached hydrogen (secondary N) is 1. The predicted octanol–water partition coefficient (Wildman–Crippen LogP) is 3.15. The summed E-state index contributed by atoms with van der Waals surface area (Å²) < 4.78 is 15.4. The molecule has 0 saturated carbocycles. The second-order valence-electron chi connectivity index (χ2n) is 5.92. The van der Waals surface area contributed by atoms with Crippen molar-refractivity contribution in [3.8, 4) is 0 Å². The highest BCUT2D eigenvalue weighted by molar-refractivity contribution is 6.03. The van der Waals surface area contributed by atoms with Crippen molar-refractivity contribution in [2.75, 3.05) is 6.61 Å². The number of Topliss-reactive ketones (excluding diaryl/α,β-unsaturated/α-hetero) is 1. The van der Waals surface area contributed by atoms with Gasteiger partial charge in [-0.05, 0) is 45.4 Å². The minimum atomic E-state index is -0.967. The Morgan fingerprint density at radius 2 is 2.00 bits per heavy atom. The molecule has 1 atom stereocenters. The lowest BCUT2D eigenvalue weighted by Crippen LogP contribution is -2.25. The quantitative estimate of drug-likeness (QED) is 0.573. The van der Waals surface area contributed by atoms with Crippen LogP contribution in [-0.2, 0) is 20.7 Å². The summed E-state index contributed by atoms with van der Waals surface area (Å²) in [6.45, 7) is 6.82. The van der Waals surface area contributed by atoms with Gasteiger partial charge in [-0.2, -0.15) is 0 Å². The number of ether oxygens (including phenoxy) is 2. The van der Waals surface area contributed by atoms with Gasteiger partial charge in [-0.15, -0.1) is 0 Å². The molecule has 0 amide bonds. The van der Waals surface area contributed by atoms with Crippen LogP contribution in [-0.4, -0.2) is 35.4 Å². The lowest BCUT2D eigenvalue weighted by atomic mass is 10.1.